The van der Waals surface area contributed by atoms with Crippen LogP contribution in [0.25, 0.3) is 0 Å². The maximum Gasteiger partial charge on any atom is 0.472 e. The number of aliphatic hydroxyl groups is 1. The molecule has 0 aromatic rings. The number of aliphatic hydroxyl groups excluding tert-OH is 1. The first-order valence-electron chi connectivity index (χ1n) is 26.3. The Labute approximate surface area is 406 Å². The molecular formula is C57H100N2O6P+. The van der Waals surface area contributed by atoms with Gasteiger partial charge in [-0.2, -0.15) is 0 Å². The number of quaternary nitrogens is 1. The first-order chi connectivity index (χ1) is 32.0. The van der Waals surface area contributed by atoms with Crippen LogP contribution in [-0.2, 0) is 18.4 Å². The summed E-state index contributed by atoms with van der Waals surface area (Å²) in [6.45, 7) is 4.71. The summed E-state index contributed by atoms with van der Waals surface area (Å²) in [5.74, 6) is -0.207. The number of hydrogen-bond donors (Lipinski definition) is 3. The minimum atomic E-state index is -4.34. The third-order valence-corrected chi connectivity index (χ3v) is 12.0. The van der Waals surface area contributed by atoms with Crippen molar-refractivity contribution in [2.24, 2.45) is 0 Å². The van der Waals surface area contributed by atoms with Crippen LogP contribution in [0.3, 0.4) is 0 Å². The molecule has 3 unspecified atom stereocenters. The second kappa shape index (κ2) is 47.2. The van der Waals surface area contributed by atoms with Crippen molar-refractivity contribution < 1.29 is 32.9 Å². The Balaban J connectivity index is 4.38. The van der Waals surface area contributed by atoms with Gasteiger partial charge in [0.05, 0.1) is 39.9 Å². The van der Waals surface area contributed by atoms with E-state index in [1.165, 1.54) is 77.0 Å². The number of phosphoric ester groups is 1. The second-order valence-electron chi connectivity index (χ2n) is 18.5. The molecule has 8 nitrogen and oxygen atoms in total. The van der Waals surface area contributed by atoms with Gasteiger partial charge >= 0.3 is 7.82 Å². The third kappa shape index (κ3) is 49.1. The standard InChI is InChI=1S/C57H99N2O6P/c1-6-8-10-12-14-16-18-20-22-23-24-25-26-27-28-29-30-31-32-33-34-35-37-39-41-43-45-47-49-51-57(61)58-55(54-65-66(62,63)64-53-52-59(3,4)5)56(60)50-48-46-44-42-40-38-36-21-19-17-15-13-11-9-7-2/h8,10,14,16,20,22,24-25,27-28,30-31,33-34,37,39,43,45,55-56,60H,6-7,9,11-13,15,17-19,21,23,26,29,32,35-36,38,40-42,44,46-54H2,1-5H3,(H-,58,61,62,63)/p+1/b10-8-,16-14-,22-20-,25-24-,28-27-,31-30-,34-33-,39-37-,45-43-. The minimum Gasteiger partial charge on any atom is -0.391 e. The van der Waals surface area contributed by atoms with Gasteiger partial charge in [-0.25, -0.2) is 4.57 Å². The molecule has 3 atom stereocenters. The molecule has 0 aliphatic heterocycles. The Bertz CT molecular complexity index is 1440. The zero-order chi connectivity index (χ0) is 48.5. The summed E-state index contributed by atoms with van der Waals surface area (Å²) in [5, 5.41) is 14.0. The van der Waals surface area contributed by atoms with Crippen molar-refractivity contribution in [3.05, 3.63) is 109 Å². The number of allylic oxidation sites excluding steroid dienone is 18. The molecule has 0 spiro atoms. The van der Waals surface area contributed by atoms with Crippen LogP contribution in [0.15, 0.2) is 109 Å². The number of nitrogens with one attached hydrogen (secondary N) is 1. The van der Waals surface area contributed by atoms with Gasteiger partial charge in [-0.1, -0.05) is 220 Å². The normalized spacial score (nSPS) is 15.0. The van der Waals surface area contributed by atoms with Crippen LogP contribution in [-0.4, -0.2) is 73.4 Å². The van der Waals surface area contributed by atoms with Gasteiger partial charge in [0.25, 0.3) is 0 Å². The van der Waals surface area contributed by atoms with Gasteiger partial charge in [0, 0.05) is 6.42 Å². The van der Waals surface area contributed by atoms with Crippen LogP contribution >= 0.6 is 7.82 Å². The average molecular weight is 940 g/mol. The highest BCUT2D eigenvalue weighted by Crippen LogP contribution is 2.43. The van der Waals surface area contributed by atoms with Crippen LogP contribution < -0.4 is 5.32 Å². The number of unbranched alkanes of at least 4 members (excludes halogenated alkanes) is 15. The first kappa shape index (κ1) is 63.2. The molecule has 3 N–H and O–H groups in total. The molecule has 378 valence electrons. The zero-order valence-electron chi connectivity index (χ0n) is 42.9. The molecular weight excluding hydrogens is 840 g/mol. The quantitative estimate of drug-likeness (QED) is 0.0243. The highest BCUT2D eigenvalue weighted by Gasteiger charge is 2.28. The Morgan fingerprint density at radius 3 is 1.27 bits per heavy atom. The summed E-state index contributed by atoms with van der Waals surface area (Å²) < 4.78 is 23.7. The summed E-state index contributed by atoms with van der Waals surface area (Å²) in [6, 6.07) is -0.799. The molecule has 0 aromatic carbocycles. The van der Waals surface area contributed by atoms with Gasteiger partial charge in [0.1, 0.15) is 13.2 Å². The summed E-state index contributed by atoms with van der Waals surface area (Å²) in [5.41, 5.74) is 0. The maximum absolute atomic E-state index is 12.9. The third-order valence-electron chi connectivity index (χ3n) is 11.0. The number of carbonyl (C=O) groups is 1. The number of hydrogen-bond acceptors (Lipinski definition) is 5. The summed E-state index contributed by atoms with van der Waals surface area (Å²) in [6.07, 6.45) is 68.5. The molecule has 0 bridgehead atoms. The number of phosphoric acid groups is 1. The number of carbonyl (C=O) groups excluding carboxylic acids is 1. The number of likely N-dealkylation sites (N-methyl/N-ethyl adjacent to an activating group) is 1. The monoisotopic (exact) mass is 940 g/mol. The predicted molar refractivity (Wildman–Crippen MR) is 285 cm³/mol. The first-order valence-corrected chi connectivity index (χ1v) is 27.7. The molecule has 66 heavy (non-hydrogen) atoms. The van der Waals surface area contributed by atoms with E-state index in [9.17, 15) is 19.4 Å². The van der Waals surface area contributed by atoms with E-state index < -0.39 is 20.0 Å². The van der Waals surface area contributed by atoms with Gasteiger partial charge in [-0.3, -0.25) is 13.8 Å². The number of rotatable bonds is 46. The van der Waals surface area contributed by atoms with E-state index in [0.717, 1.165) is 83.5 Å². The summed E-state index contributed by atoms with van der Waals surface area (Å²) in [4.78, 5) is 23.2. The molecule has 0 saturated carbocycles. The Hall–Kier alpha value is -2.84. The summed E-state index contributed by atoms with van der Waals surface area (Å²) in [7, 11) is 1.56. The van der Waals surface area contributed by atoms with Crippen molar-refractivity contribution in [2.45, 2.75) is 206 Å². The van der Waals surface area contributed by atoms with Crippen molar-refractivity contribution in [1.82, 2.24) is 5.32 Å². The van der Waals surface area contributed by atoms with E-state index in [1.54, 1.807) is 0 Å². The molecule has 1 amide bonds. The fourth-order valence-electron chi connectivity index (χ4n) is 6.93. The fraction of sp³-hybridized carbons (Fsp3) is 0.667. The molecule has 0 heterocycles. The second-order valence-corrected chi connectivity index (χ2v) is 20.0. The Kier molecular flexibility index (Phi) is 45.2. The van der Waals surface area contributed by atoms with Crippen molar-refractivity contribution in [3.8, 4) is 0 Å². The van der Waals surface area contributed by atoms with E-state index in [0.29, 0.717) is 30.3 Å². The van der Waals surface area contributed by atoms with Gasteiger partial charge in [-0.05, 0) is 77.0 Å². The lowest BCUT2D eigenvalue weighted by Gasteiger charge is -2.26. The van der Waals surface area contributed by atoms with Gasteiger partial charge in [0.15, 0.2) is 0 Å². The van der Waals surface area contributed by atoms with Crippen LogP contribution in [0, 0.1) is 0 Å². The molecule has 9 heteroatoms. The molecule has 0 aliphatic rings. The largest absolute Gasteiger partial charge is 0.472 e. The van der Waals surface area contributed by atoms with Crippen molar-refractivity contribution in [1.29, 1.82) is 0 Å². The predicted octanol–water partition coefficient (Wildman–Crippen LogP) is 15.6. The van der Waals surface area contributed by atoms with E-state index >= 15 is 0 Å². The van der Waals surface area contributed by atoms with E-state index in [4.69, 9.17) is 9.05 Å². The topological polar surface area (TPSA) is 105 Å². The van der Waals surface area contributed by atoms with E-state index in [2.05, 4.69) is 129 Å². The smallest absolute Gasteiger partial charge is 0.391 e. The molecule has 0 saturated heterocycles. The van der Waals surface area contributed by atoms with E-state index in [-0.39, 0.29) is 19.1 Å². The van der Waals surface area contributed by atoms with Crippen molar-refractivity contribution in [2.75, 3.05) is 40.9 Å². The van der Waals surface area contributed by atoms with Gasteiger partial charge in [0.2, 0.25) is 5.91 Å². The molecule has 0 aromatic heterocycles. The highest BCUT2D eigenvalue weighted by molar-refractivity contribution is 7.47. The molecule has 0 aliphatic carbocycles. The van der Waals surface area contributed by atoms with Crippen LogP contribution in [0.2, 0.25) is 0 Å². The van der Waals surface area contributed by atoms with Crippen LogP contribution in [0.4, 0.5) is 0 Å². The number of nitrogens with zero attached hydrogens (tertiary/aromatic N) is 1. The lowest BCUT2D eigenvalue weighted by atomic mass is 10.0. The molecule has 0 radical (unpaired) electrons. The number of amides is 1. The SMILES string of the molecule is CC/C=C\C/C=C\C/C=C\C/C=C\C/C=C\C/C=C\C/C=C\C/C=C\C/C=C\CCCC(=O)NC(COP(=O)(O)OCC[N+](C)(C)C)C(O)CCCCCCCCCCCCCCCCC. The van der Waals surface area contributed by atoms with Crippen molar-refractivity contribution >= 4 is 13.7 Å². The fourth-order valence-corrected chi connectivity index (χ4v) is 7.66. The molecule has 0 rings (SSSR count). The lowest BCUT2D eigenvalue weighted by molar-refractivity contribution is -0.870. The van der Waals surface area contributed by atoms with Gasteiger partial charge in [-0.15, -0.1) is 0 Å². The zero-order valence-corrected chi connectivity index (χ0v) is 43.8. The lowest BCUT2D eigenvalue weighted by Crippen LogP contribution is -2.46. The Morgan fingerprint density at radius 1 is 0.530 bits per heavy atom. The molecule has 0 fully saturated rings. The summed E-state index contributed by atoms with van der Waals surface area (Å²) >= 11 is 0. The van der Waals surface area contributed by atoms with Crippen LogP contribution in [0.5, 0.6) is 0 Å². The van der Waals surface area contributed by atoms with E-state index in [1.807, 2.05) is 21.1 Å². The minimum absolute atomic E-state index is 0.0576. The Morgan fingerprint density at radius 2 is 0.894 bits per heavy atom. The van der Waals surface area contributed by atoms with Gasteiger partial charge < -0.3 is 19.8 Å². The van der Waals surface area contributed by atoms with Crippen LogP contribution in [0.1, 0.15) is 194 Å². The van der Waals surface area contributed by atoms with Crippen molar-refractivity contribution in [3.63, 3.8) is 0 Å². The highest BCUT2D eigenvalue weighted by atomic mass is 31.2. The maximum atomic E-state index is 12.9. The average Bonchev–Trinajstić information content (AvgIpc) is 3.28.